The molecule has 1 aromatic rings. The Labute approximate surface area is 99.2 Å². The van der Waals surface area contributed by atoms with E-state index in [9.17, 15) is 9.18 Å². The molecule has 0 spiro atoms. The minimum absolute atomic E-state index is 0.0815. The van der Waals surface area contributed by atoms with Gasteiger partial charge in [-0.15, -0.1) is 0 Å². The van der Waals surface area contributed by atoms with Gasteiger partial charge in [0.2, 0.25) is 0 Å². The summed E-state index contributed by atoms with van der Waals surface area (Å²) in [6.45, 7) is 3.21. The smallest absolute Gasteiger partial charge is 0.312 e. The Morgan fingerprint density at radius 3 is 2.53 bits per heavy atom. The first-order valence-electron chi connectivity index (χ1n) is 5.20. The van der Waals surface area contributed by atoms with Gasteiger partial charge in [0.05, 0.1) is 13.0 Å². The molecule has 1 aromatic carbocycles. The van der Waals surface area contributed by atoms with Crippen LogP contribution in [0.5, 0.6) is 5.75 Å². The van der Waals surface area contributed by atoms with Gasteiger partial charge >= 0.3 is 5.97 Å². The van der Waals surface area contributed by atoms with E-state index in [0.717, 1.165) is 0 Å². The summed E-state index contributed by atoms with van der Waals surface area (Å²) >= 11 is 0. The number of benzene rings is 1. The van der Waals surface area contributed by atoms with E-state index < -0.39 is 17.7 Å². The number of hydrogen-bond acceptors (Lipinski definition) is 3. The molecule has 0 heterocycles. The molecule has 0 aliphatic rings. The zero-order valence-electron chi connectivity index (χ0n) is 10.1. The molecule has 0 aliphatic heterocycles. The SMILES string of the molecule is COc1c(C)c(F)cc(C(CN)C(=O)O)c1C. The van der Waals surface area contributed by atoms with Crippen molar-refractivity contribution in [3.8, 4) is 5.75 Å². The lowest BCUT2D eigenvalue weighted by atomic mass is 9.92. The van der Waals surface area contributed by atoms with E-state index in [4.69, 9.17) is 15.6 Å². The Bertz CT molecular complexity index is 446. The fourth-order valence-electron chi connectivity index (χ4n) is 1.90. The van der Waals surface area contributed by atoms with Crippen LogP contribution in [0.2, 0.25) is 0 Å². The third kappa shape index (κ3) is 2.39. The van der Waals surface area contributed by atoms with Gasteiger partial charge < -0.3 is 15.6 Å². The molecule has 94 valence electrons. The Balaban J connectivity index is 3.44. The summed E-state index contributed by atoms with van der Waals surface area (Å²) in [5.74, 6) is -2.10. The first kappa shape index (κ1) is 13.4. The normalized spacial score (nSPS) is 12.3. The van der Waals surface area contributed by atoms with Crippen LogP contribution in [0.4, 0.5) is 4.39 Å². The maximum Gasteiger partial charge on any atom is 0.312 e. The van der Waals surface area contributed by atoms with Gasteiger partial charge in [0, 0.05) is 12.1 Å². The van der Waals surface area contributed by atoms with E-state index in [2.05, 4.69) is 0 Å². The van der Waals surface area contributed by atoms with Crippen LogP contribution in [0.1, 0.15) is 22.6 Å². The fourth-order valence-corrected chi connectivity index (χ4v) is 1.90. The molecule has 0 aromatic heterocycles. The molecule has 1 rings (SSSR count). The van der Waals surface area contributed by atoms with Crippen molar-refractivity contribution in [2.45, 2.75) is 19.8 Å². The molecular formula is C12H16FNO3. The monoisotopic (exact) mass is 241 g/mol. The summed E-state index contributed by atoms with van der Waals surface area (Å²) in [5.41, 5.74) is 6.76. The van der Waals surface area contributed by atoms with Gasteiger partial charge in [-0.05, 0) is 31.0 Å². The number of nitrogens with two attached hydrogens (primary N) is 1. The van der Waals surface area contributed by atoms with Crippen LogP contribution >= 0.6 is 0 Å². The maximum atomic E-state index is 13.7. The summed E-state index contributed by atoms with van der Waals surface area (Å²) in [7, 11) is 1.43. The minimum atomic E-state index is -1.07. The number of aliphatic carboxylic acids is 1. The van der Waals surface area contributed by atoms with Crippen molar-refractivity contribution in [2.75, 3.05) is 13.7 Å². The molecule has 3 N–H and O–H groups in total. The van der Waals surface area contributed by atoms with Crippen molar-refractivity contribution in [1.82, 2.24) is 0 Å². The predicted molar refractivity (Wildman–Crippen MR) is 61.9 cm³/mol. The first-order valence-corrected chi connectivity index (χ1v) is 5.20. The average Bonchev–Trinajstić information content (AvgIpc) is 2.26. The van der Waals surface area contributed by atoms with Crippen LogP contribution < -0.4 is 10.5 Å². The van der Waals surface area contributed by atoms with E-state index in [0.29, 0.717) is 22.4 Å². The van der Waals surface area contributed by atoms with Gasteiger partial charge in [0.25, 0.3) is 0 Å². The zero-order chi connectivity index (χ0) is 13.2. The fraction of sp³-hybridized carbons (Fsp3) is 0.417. The molecule has 0 radical (unpaired) electrons. The van der Waals surface area contributed by atoms with Crippen molar-refractivity contribution in [1.29, 1.82) is 0 Å². The number of carboxylic acid groups (broad SMARTS) is 1. The van der Waals surface area contributed by atoms with Crippen molar-refractivity contribution >= 4 is 5.97 Å². The van der Waals surface area contributed by atoms with E-state index in [1.807, 2.05) is 0 Å². The molecule has 0 amide bonds. The van der Waals surface area contributed by atoms with E-state index in [-0.39, 0.29) is 6.54 Å². The second kappa shape index (κ2) is 5.14. The second-order valence-electron chi connectivity index (χ2n) is 3.86. The van der Waals surface area contributed by atoms with Crippen LogP contribution in [0, 0.1) is 19.7 Å². The highest BCUT2D eigenvalue weighted by Gasteiger charge is 2.24. The molecule has 5 heteroatoms. The molecule has 1 unspecified atom stereocenters. The highest BCUT2D eigenvalue weighted by Crippen LogP contribution is 2.32. The van der Waals surface area contributed by atoms with Crippen molar-refractivity contribution < 1.29 is 19.0 Å². The van der Waals surface area contributed by atoms with E-state index in [1.54, 1.807) is 13.8 Å². The number of halogens is 1. The summed E-state index contributed by atoms with van der Waals surface area (Å²) in [6, 6.07) is 1.22. The van der Waals surface area contributed by atoms with E-state index in [1.165, 1.54) is 13.2 Å². The summed E-state index contributed by atoms with van der Waals surface area (Å²) in [4.78, 5) is 11.0. The quantitative estimate of drug-likeness (QED) is 0.839. The number of carbonyl (C=O) groups is 1. The van der Waals surface area contributed by atoms with Gasteiger partial charge in [-0.1, -0.05) is 0 Å². The first-order chi connectivity index (χ1) is 7.93. The molecular weight excluding hydrogens is 225 g/mol. The molecule has 17 heavy (non-hydrogen) atoms. The number of hydrogen-bond donors (Lipinski definition) is 2. The Morgan fingerprint density at radius 2 is 2.12 bits per heavy atom. The highest BCUT2D eigenvalue weighted by atomic mass is 19.1. The third-order valence-corrected chi connectivity index (χ3v) is 2.87. The Kier molecular flexibility index (Phi) is 4.07. The molecule has 0 bridgehead atoms. The Morgan fingerprint density at radius 1 is 1.53 bits per heavy atom. The average molecular weight is 241 g/mol. The van der Waals surface area contributed by atoms with Crippen molar-refractivity contribution in [3.05, 3.63) is 28.6 Å². The summed E-state index contributed by atoms with van der Waals surface area (Å²) < 4.78 is 18.8. The number of ether oxygens (including phenoxy) is 1. The lowest BCUT2D eigenvalue weighted by Crippen LogP contribution is -2.22. The van der Waals surface area contributed by atoms with Crippen LogP contribution in [0.3, 0.4) is 0 Å². The van der Waals surface area contributed by atoms with Crippen LogP contribution in [0.15, 0.2) is 6.07 Å². The lowest BCUT2D eigenvalue weighted by molar-refractivity contribution is -0.138. The molecule has 1 atom stereocenters. The largest absolute Gasteiger partial charge is 0.496 e. The maximum absolute atomic E-state index is 13.7. The number of rotatable bonds is 4. The van der Waals surface area contributed by atoms with Crippen LogP contribution in [-0.4, -0.2) is 24.7 Å². The number of carboxylic acids is 1. The van der Waals surface area contributed by atoms with Gasteiger partial charge in [-0.2, -0.15) is 0 Å². The zero-order valence-corrected chi connectivity index (χ0v) is 10.1. The molecule has 0 saturated carbocycles. The Hall–Kier alpha value is -1.62. The summed E-state index contributed by atoms with van der Waals surface area (Å²) in [6.07, 6.45) is 0. The molecule has 4 nitrogen and oxygen atoms in total. The van der Waals surface area contributed by atoms with Crippen LogP contribution in [-0.2, 0) is 4.79 Å². The minimum Gasteiger partial charge on any atom is -0.496 e. The van der Waals surface area contributed by atoms with Gasteiger partial charge in [-0.25, -0.2) is 4.39 Å². The number of methoxy groups -OCH3 is 1. The highest BCUT2D eigenvalue weighted by molar-refractivity contribution is 5.77. The summed E-state index contributed by atoms with van der Waals surface area (Å²) in [5, 5.41) is 9.03. The molecule has 0 saturated heterocycles. The third-order valence-electron chi connectivity index (χ3n) is 2.87. The van der Waals surface area contributed by atoms with Gasteiger partial charge in [0.15, 0.2) is 0 Å². The van der Waals surface area contributed by atoms with Crippen molar-refractivity contribution in [3.63, 3.8) is 0 Å². The van der Waals surface area contributed by atoms with Crippen molar-refractivity contribution in [2.24, 2.45) is 5.73 Å². The standard InChI is InChI=1S/C12H16FNO3/c1-6-8(9(5-14)12(15)16)4-10(13)7(2)11(6)17-3/h4,9H,5,14H2,1-3H3,(H,15,16). The molecule has 0 aliphatic carbocycles. The second-order valence-corrected chi connectivity index (χ2v) is 3.86. The molecule has 0 fully saturated rings. The topological polar surface area (TPSA) is 72.5 Å². The van der Waals surface area contributed by atoms with E-state index >= 15 is 0 Å². The lowest BCUT2D eigenvalue weighted by Gasteiger charge is -2.18. The van der Waals surface area contributed by atoms with Gasteiger partial charge in [0.1, 0.15) is 11.6 Å². The van der Waals surface area contributed by atoms with Gasteiger partial charge in [-0.3, -0.25) is 4.79 Å². The predicted octanol–water partition coefficient (Wildman–Crippen LogP) is 1.58. The van der Waals surface area contributed by atoms with Crippen LogP contribution in [0.25, 0.3) is 0 Å².